The summed E-state index contributed by atoms with van der Waals surface area (Å²) in [5.41, 5.74) is 1.21. The number of rotatable bonds is 6. The van der Waals surface area contributed by atoms with Gasteiger partial charge in [0.2, 0.25) is 0 Å². The number of ether oxygens (including phenoxy) is 2. The van der Waals surface area contributed by atoms with Crippen LogP contribution in [0.25, 0.3) is 0 Å². The van der Waals surface area contributed by atoms with Crippen LogP contribution in [0.15, 0.2) is 24.3 Å². The van der Waals surface area contributed by atoms with Crippen LogP contribution in [0.3, 0.4) is 0 Å². The first kappa shape index (κ1) is 12.5. The van der Waals surface area contributed by atoms with Gasteiger partial charge in [0.15, 0.2) is 0 Å². The van der Waals surface area contributed by atoms with Gasteiger partial charge in [-0.25, -0.2) is 0 Å². The lowest BCUT2D eigenvalue weighted by molar-refractivity contribution is -0.139. The summed E-state index contributed by atoms with van der Waals surface area (Å²) in [5.74, 6) is 0.612. The van der Waals surface area contributed by atoms with Crippen molar-refractivity contribution >= 4 is 5.97 Å². The fourth-order valence-electron chi connectivity index (χ4n) is 1.29. The number of methoxy groups -OCH3 is 2. The quantitative estimate of drug-likeness (QED) is 0.577. The lowest BCUT2D eigenvalue weighted by atomic mass is 10.1. The minimum Gasteiger partial charge on any atom is -0.497 e. The zero-order chi connectivity index (χ0) is 11.8. The molecule has 0 radical (unpaired) electrons. The van der Waals surface area contributed by atoms with Gasteiger partial charge in [0.1, 0.15) is 5.75 Å². The largest absolute Gasteiger partial charge is 0.497 e. The molecule has 1 aromatic rings. The summed E-state index contributed by atoms with van der Waals surface area (Å²) in [4.78, 5) is 10.8. The first-order chi connectivity index (χ1) is 7.76. The number of carbonyl (C=O) groups is 1. The van der Waals surface area contributed by atoms with Crippen LogP contribution >= 0.6 is 0 Å². The molecule has 0 aliphatic rings. The third kappa shape index (κ3) is 4.31. The molecule has 0 aliphatic carbocycles. The molecule has 1 rings (SSSR count). The van der Waals surface area contributed by atoms with Crippen molar-refractivity contribution in [3.63, 3.8) is 0 Å². The molecule has 4 nitrogen and oxygen atoms in total. The molecule has 0 heterocycles. The number of carbonyl (C=O) groups excluding carboxylic acids is 1. The van der Waals surface area contributed by atoms with Gasteiger partial charge in [-0.1, -0.05) is 12.1 Å². The maximum absolute atomic E-state index is 10.8. The van der Waals surface area contributed by atoms with Gasteiger partial charge in [0.05, 0.1) is 20.8 Å². The molecule has 0 saturated heterocycles. The molecule has 0 aliphatic heterocycles. The van der Waals surface area contributed by atoms with Crippen molar-refractivity contribution in [3.05, 3.63) is 29.8 Å². The van der Waals surface area contributed by atoms with Crippen molar-refractivity contribution in [1.82, 2.24) is 5.32 Å². The standard InChI is InChI=1S/C12H17NO3/c1-15-11-5-3-10(4-6-11)7-8-13-9-12(14)16-2/h3-6,13H,7-9H2,1-2H3. The Bertz CT molecular complexity index is 322. The summed E-state index contributed by atoms with van der Waals surface area (Å²) in [7, 11) is 3.03. The molecule has 0 bridgehead atoms. The van der Waals surface area contributed by atoms with Gasteiger partial charge >= 0.3 is 5.97 Å². The Balaban J connectivity index is 2.24. The second kappa shape index (κ2) is 6.85. The zero-order valence-electron chi connectivity index (χ0n) is 9.66. The second-order valence-corrected chi connectivity index (χ2v) is 3.35. The smallest absolute Gasteiger partial charge is 0.319 e. The summed E-state index contributed by atoms with van der Waals surface area (Å²) in [5, 5.41) is 3.01. The Morgan fingerprint density at radius 2 is 1.94 bits per heavy atom. The molecule has 0 saturated carbocycles. The zero-order valence-corrected chi connectivity index (χ0v) is 9.66. The third-order valence-electron chi connectivity index (χ3n) is 2.25. The molecule has 0 spiro atoms. The van der Waals surface area contributed by atoms with Gasteiger partial charge in [-0.15, -0.1) is 0 Å². The van der Waals surface area contributed by atoms with E-state index in [0.717, 1.165) is 18.7 Å². The highest BCUT2D eigenvalue weighted by molar-refractivity contribution is 5.71. The predicted molar refractivity (Wildman–Crippen MR) is 61.6 cm³/mol. The lowest BCUT2D eigenvalue weighted by Gasteiger charge is -2.04. The molecule has 88 valence electrons. The average Bonchev–Trinajstić information content (AvgIpc) is 2.35. The van der Waals surface area contributed by atoms with Crippen LogP contribution in [-0.4, -0.2) is 33.3 Å². The van der Waals surface area contributed by atoms with E-state index in [1.54, 1.807) is 7.11 Å². The van der Waals surface area contributed by atoms with E-state index in [1.165, 1.54) is 12.7 Å². The van der Waals surface area contributed by atoms with Crippen molar-refractivity contribution < 1.29 is 14.3 Å². The Labute approximate surface area is 95.6 Å². The molecular formula is C12H17NO3. The first-order valence-corrected chi connectivity index (χ1v) is 5.16. The Morgan fingerprint density at radius 1 is 1.25 bits per heavy atom. The SMILES string of the molecule is COC(=O)CNCCc1ccc(OC)cc1. The molecule has 4 heteroatoms. The molecule has 16 heavy (non-hydrogen) atoms. The summed E-state index contributed by atoms with van der Waals surface area (Å²) >= 11 is 0. The fourth-order valence-corrected chi connectivity index (χ4v) is 1.29. The van der Waals surface area contributed by atoms with Gasteiger partial charge in [0, 0.05) is 0 Å². The first-order valence-electron chi connectivity index (χ1n) is 5.16. The highest BCUT2D eigenvalue weighted by atomic mass is 16.5. The third-order valence-corrected chi connectivity index (χ3v) is 2.25. The molecule has 0 amide bonds. The lowest BCUT2D eigenvalue weighted by Crippen LogP contribution is -2.25. The van der Waals surface area contributed by atoms with Crippen LogP contribution in [0.1, 0.15) is 5.56 Å². The fraction of sp³-hybridized carbons (Fsp3) is 0.417. The maximum Gasteiger partial charge on any atom is 0.319 e. The minimum atomic E-state index is -0.241. The van der Waals surface area contributed by atoms with E-state index >= 15 is 0 Å². The van der Waals surface area contributed by atoms with Gasteiger partial charge in [0.25, 0.3) is 0 Å². The highest BCUT2D eigenvalue weighted by Crippen LogP contribution is 2.11. The molecule has 1 N–H and O–H groups in total. The molecule has 0 unspecified atom stereocenters. The van der Waals surface area contributed by atoms with Crippen molar-refractivity contribution in [2.75, 3.05) is 27.3 Å². The van der Waals surface area contributed by atoms with Crippen molar-refractivity contribution in [2.45, 2.75) is 6.42 Å². The maximum atomic E-state index is 10.8. The topological polar surface area (TPSA) is 47.6 Å². The number of benzene rings is 1. The molecule has 0 fully saturated rings. The summed E-state index contributed by atoms with van der Waals surface area (Å²) in [6.45, 7) is 1.01. The molecular weight excluding hydrogens is 206 g/mol. The van der Waals surface area contributed by atoms with E-state index in [-0.39, 0.29) is 12.5 Å². The van der Waals surface area contributed by atoms with E-state index in [4.69, 9.17) is 4.74 Å². The van der Waals surface area contributed by atoms with E-state index in [2.05, 4.69) is 10.1 Å². The Kier molecular flexibility index (Phi) is 5.36. The van der Waals surface area contributed by atoms with E-state index in [1.807, 2.05) is 24.3 Å². The summed E-state index contributed by atoms with van der Waals surface area (Å²) in [6, 6.07) is 7.88. The second-order valence-electron chi connectivity index (χ2n) is 3.35. The highest BCUT2D eigenvalue weighted by Gasteiger charge is 1.98. The van der Waals surface area contributed by atoms with Crippen LogP contribution in [0.5, 0.6) is 5.75 Å². The van der Waals surface area contributed by atoms with E-state index in [9.17, 15) is 4.79 Å². The van der Waals surface area contributed by atoms with Crippen molar-refractivity contribution in [1.29, 1.82) is 0 Å². The summed E-state index contributed by atoms with van der Waals surface area (Å²) in [6.07, 6.45) is 0.876. The molecule has 1 aromatic carbocycles. The van der Waals surface area contributed by atoms with E-state index in [0.29, 0.717) is 0 Å². The minimum absolute atomic E-state index is 0.241. The van der Waals surface area contributed by atoms with Crippen molar-refractivity contribution in [2.24, 2.45) is 0 Å². The number of hydrogen-bond acceptors (Lipinski definition) is 4. The van der Waals surface area contributed by atoms with E-state index < -0.39 is 0 Å². The number of nitrogens with one attached hydrogen (secondary N) is 1. The van der Waals surface area contributed by atoms with Crippen LogP contribution in [0, 0.1) is 0 Å². The number of esters is 1. The molecule has 0 aromatic heterocycles. The normalized spacial score (nSPS) is 9.88. The van der Waals surface area contributed by atoms with Gasteiger partial charge < -0.3 is 14.8 Å². The Morgan fingerprint density at radius 3 is 2.50 bits per heavy atom. The molecule has 0 atom stereocenters. The Hall–Kier alpha value is -1.55. The van der Waals surface area contributed by atoms with Crippen LogP contribution in [-0.2, 0) is 16.0 Å². The monoisotopic (exact) mass is 223 g/mol. The average molecular weight is 223 g/mol. The van der Waals surface area contributed by atoms with Crippen LogP contribution in [0.4, 0.5) is 0 Å². The van der Waals surface area contributed by atoms with Gasteiger partial charge in [-0.3, -0.25) is 4.79 Å². The van der Waals surface area contributed by atoms with Gasteiger partial charge in [-0.2, -0.15) is 0 Å². The van der Waals surface area contributed by atoms with Gasteiger partial charge in [-0.05, 0) is 30.7 Å². The van der Waals surface area contributed by atoms with Crippen LogP contribution in [0.2, 0.25) is 0 Å². The van der Waals surface area contributed by atoms with Crippen molar-refractivity contribution in [3.8, 4) is 5.75 Å². The number of hydrogen-bond donors (Lipinski definition) is 1. The summed E-state index contributed by atoms with van der Waals surface area (Å²) < 4.78 is 9.58. The predicted octanol–water partition coefficient (Wildman–Crippen LogP) is 1.00. The van der Waals surface area contributed by atoms with Crippen LogP contribution < -0.4 is 10.1 Å².